The minimum Gasteiger partial charge on any atom is -0.491 e. The quantitative estimate of drug-likeness (QED) is 0.848. The lowest BCUT2D eigenvalue weighted by Gasteiger charge is -2.22. The molecule has 0 amide bonds. The molecule has 106 valence electrons. The molecule has 0 aliphatic rings. The number of benzene rings is 1. The molecule has 0 aliphatic carbocycles. The average Bonchev–Trinajstić information content (AvgIpc) is 2.44. The van der Waals surface area contributed by atoms with Crippen LogP contribution in [0.25, 0.3) is 0 Å². The molecule has 0 saturated carbocycles. The first-order chi connectivity index (χ1) is 9.57. The van der Waals surface area contributed by atoms with Gasteiger partial charge in [0.05, 0.1) is 6.54 Å². The molecule has 0 radical (unpaired) electrons. The largest absolute Gasteiger partial charge is 0.491 e. The van der Waals surface area contributed by atoms with Crippen LogP contribution in [0.4, 0.5) is 5.95 Å². The highest BCUT2D eigenvalue weighted by Crippen LogP contribution is 2.30. The van der Waals surface area contributed by atoms with E-state index in [1.54, 1.807) is 18.5 Å². The zero-order valence-corrected chi connectivity index (χ0v) is 12.3. The Morgan fingerprint density at radius 3 is 2.45 bits per heavy atom. The van der Waals surface area contributed by atoms with Crippen LogP contribution in [0.5, 0.6) is 5.75 Å². The zero-order valence-electron chi connectivity index (χ0n) is 12.3. The molecule has 0 saturated heterocycles. The molecule has 0 aliphatic heterocycles. The Labute approximate surface area is 120 Å². The monoisotopic (exact) mass is 271 g/mol. The third-order valence-corrected chi connectivity index (χ3v) is 2.90. The summed E-state index contributed by atoms with van der Waals surface area (Å²) < 4.78 is 5.87. The summed E-state index contributed by atoms with van der Waals surface area (Å²) in [5.41, 5.74) is 1.29. The van der Waals surface area contributed by atoms with E-state index in [2.05, 4.69) is 42.1 Å². The van der Waals surface area contributed by atoms with Gasteiger partial charge in [0.15, 0.2) is 0 Å². The van der Waals surface area contributed by atoms with Gasteiger partial charge in [0.1, 0.15) is 12.4 Å². The van der Waals surface area contributed by atoms with E-state index >= 15 is 0 Å². The molecular formula is C16H21N3O. The van der Waals surface area contributed by atoms with Gasteiger partial charge in [0, 0.05) is 12.4 Å². The normalized spacial score (nSPS) is 11.2. The Balaban J connectivity index is 1.89. The van der Waals surface area contributed by atoms with Gasteiger partial charge in [-0.05, 0) is 23.1 Å². The second kappa shape index (κ2) is 6.37. The van der Waals surface area contributed by atoms with Crippen LogP contribution in [0.1, 0.15) is 26.3 Å². The number of nitrogens with zero attached hydrogens (tertiary/aromatic N) is 2. The maximum atomic E-state index is 5.87. The van der Waals surface area contributed by atoms with Gasteiger partial charge in [-0.1, -0.05) is 39.0 Å². The molecule has 1 aromatic heterocycles. The average molecular weight is 271 g/mol. The first-order valence-electron chi connectivity index (χ1n) is 6.80. The summed E-state index contributed by atoms with van der Waals surface area (Å²) in [4.78, 5) is 8.20. The van der Waals surface area contributed by atoms with Crippen molar-refractivity contribution in [1.82, 2.24) is 9.97 Å². The van der Waals surface area contributed by atoms with Gasteiger partial charge in [-0.25, -0.2) is 9.97 Å². The molecule has 1 N–H and O–H groups in total. The summed E-state index contributed by atoms with van der Waals surface area (Å²) >= 11 is 0. The zero-order chi connectivity index (χ0) is 14.4. The number of rotatable bonds is 5. The maximum Gasteiger partial charge on any atom is 0.222 e. The van der Waals surface area contributed by atoms with Crippen molar-refractivity contribution in [3.8, 4) is 5.75 Å². The molecule has 1 aromatic carbocycles. The van der Waals surface area contributed by atoms with Gasteiger partial charge >= 0.3 is 0 Å². The molecule has 0 spiro atoms. The highest BCUT2D eigenvalue weighted by Gasteiger charge is 2.18. The number of nitrogens with one attached hydrogen (secondary N) is 1. The van der Waals surface area contributed by atoms with E-state index in [9.17, 15) is 0 Å². The van der Waals surface area contributed by atoms with Gasteiger partial charge in [-0.15, -0.1) is 0 Å². The third-order valence-electron chi connectivity index (χ3n) is 2.90. The summed E-state index contributed by atoms with van der Waals surface area (Å²) in [6, 6.07) is 9.96. The van der Waals surface area contributed by atoms with Gasteiger partial charge in [-0.3, -0.25) is 0 Å². The van der Waals surface area contributed by atoms with Crippen molar-refractivity contribution < 1.29 is 4.74 Å². The van der Waals surface area contributed by atoms with Crippen LogP contribution in [0.3, 0.4) is 0 Å². The molecule has 4 heteroatoms. The van der Waals surface area contributed by atoms with Crippen molar-refractivity contribution in [3.63, 3.8) is 0 Å². The van der Waals surface area contributed by atoms with Gasteiger partial charge in [0.25, 0.3) is 0 Å². The second-order valence-corrected chi connectivity index (χ2v) is 5.59. The fourth-order valence-corrected chi connectivity index (χ4v) is 1.93. The molecule has 1 heterocycles. The van der Waals surface area contributed by atoms with Crippen molar-refractivity contribution in [2.24, 2.45) is 0 Å². The third kappa shape index (κ3) is 3.95. The minimum atomic E-state index is 0.0760. The van der Waals surface area contributed by atoms with Crippen molar-refractivity contribution >= 4 is 5.95 Å². The summed E-state index contributed by atoms with van der Waals surface area (Å²) in [5.74, 6) is 1.57. The van der Waals surface area contributed by atoms with E-state index in [4.69, 9.17) is 4.74 Å². The molecule has 2 aromatic rings. The molecule has 0 atom stereocenters. The SMILES string of the molecule is CC(C)(C)c1ccccc1OCCNc1ncccn1. The molecule has 0 fully saturated rings. The highest BCUT2D eigenvalue weighted by molar-refractivity contribution is 5.38. The molecule has 0 bridgehead atoms. The second-order valence-electron chi connectivity index (χ2n) is 5.59. The number of hydrogen-bond acceptors (Lipinski definition) is 4. The predicted molar refractivity (Wildman–Crippen MR) is 81.2 cm³/mol. The Kier molecular flexibility index (Phi) is 4.56. The lowest BCUT2D eigenvalue weighted by atomic mass is 9.86. The standard InChI is InChI=1S/C16H21N3O/c1-16(2,3)13-7-4-5-8-14(13)20-12-11-19-15-17-9-6-10-18-15/h4-10H,11-12H2,1-3H3,(H,17,18,19). The number of ether oxygens (including phenoxy) is 1. The Morgan fingerprint density at radius 2 is 1.75 bits per heavy atom. The van der Waals surface area contributed by atoms with E-state index in [1.807, 2.05) is 18.2 Å². The van der Waals surface area contributed by atoms with E-state index in [0.717, 1.165) is 5.75 Å². The fraction of sp³-hybridized carbons (Fsp3) is 0.375. The Hall–Kier alpha value is -2.10. The van der Waals surface area contributed by atoms with Crippen LogP contribution in [0.15, 0.2) is 42.7 Å². The van der Waals surface area contributed by atoms with Crippen molar-refractivity contribution in [1.29, 1.82) is 0 Å². The summed E-state index contributed by atoms with van der Waals surface area (Å²) in [6.07, 6.45) is 3.43. The summed E-state index contributed by atoms with van der Waals surface area (Å²) in [7, 11) is 0. The smallest absolute Gasteiger partial charge is 0.222 e. The van der Waals surface area contributed by atoms with E-state index in [0.29, 0.717) is 19.1 Å². The van der Waals surface area contributed by atoms with Crippen LogP contribution in [-0.4, -0.2) is 23.1 Å². The van der Waals surface area contributed by atoms with Crippen molar-refractivity contribution in [2.75, 3.05) is 18.5 Å². The fourth-order valence-electron chi connectivity index (χ4n) is 1.93. The Morgan fingerprint density at radius 1 is 1.05 bits per heavy atom. The maximum absolute atomic E-state index is 5.87. The van der Waals surface area contributed by atoms with E-state index in [1.165, 1.54) is 5.56 Å². The summed E-state index contributed by atoms with van der Waals surface area (Å²) in [6.45, 7) is 7.80. The van der Waals surface area contributed by atoms with E-state index in [-0.39, 0.29) is 5.41 Å². The van der Waals surface area contributed by atoms with Crippen molar-refractivity contribution in [2.45, 2.75) is 26.2 Å². The van der Waals surface area contributed by atoms with Gasteiger partial charge < -0.3 is 10.1 Å². The lowest BCUT2D eigenvalue weighted by Crippen LogP contribution is -2.17. The number of para-hydroxylation sites is 1. The molecule has 2 rings (SSSR count). The number of hydrogen-bond donors (Lipinski definition) is 1. The van der Waals surface area contributed by atoms with Gasteiger partial charge in [0.2, 0.25) is 5.95 Å². The predicted octanol–water partition coefficient (Wildman–Crippen LogP) is 3.27. The lowest BCUT2D eigenvalue weighted by molar-refractivity contribution is 0.323. The topological polar surface area (TPSA) is 47.0 Å². The van der Waals surface area contributed by atoms with Crippen LogP contribution in [0, 0.1) is 0 Å². The van der Waals surface area contributed by atoms with Crippen LogP contribution < -0.4 is 10.1 Å². The number of aromatic nitrogens is 2. The first-order valence-corrected chi connectivity index (χ1v) is 6.80. The van der Waals surface area contributed by atoms with Crippen LogP contribution in [0.2, 0.25) is 0 Å². The summed E-state index contributed by atoms with van der Waals surface area (Å²) in [5, 5.41) is 3.13. The molecular weight excluding hydrogens is 250 g/mol. The molecule has 20 heavy (non-hydrogen) atoms. The Bertz CT molecular complexity index is 535. The highest BCUT2D eigenvalue weighted by atomic mass is 16.5. The first kappa shape index (κ1) is 14.3. The minimum absolute atomic E-state index is 0.0760. The van der Waals surface area contributed by atoms with Crippen molar-refractivity contribution in [3.05, 3.63) is 48.3 Å². The van der Waals surface area contributed by atoms with Crippen LogP contribution in [-0.2, 0) is 5.41 Å². The van der Waals surface area contributed by atoms with Crippen LogP contribution >= 0.6 is 0 Å². The van der Waals surface area contributed by atoms with Gasteiger partial charge in [-0.2, -0.15) is 0 Å². The molecule has 0 unspecified atom stereocenters. The molecule has 4 nitrogen and oxygen atoms in total. The van der Waals surface area contributed by atoms with E-state index < -0.39 is 0 Å². The number of anilines is 1.